The Labute approximate surface area is 116 Å². The minimum Gasteiger partial charge on any atom is -0.381 e. The van der Waals surface area contributed by atoms with Crippen LogP contribution < -0.4 is 5.32 Å². The zero-order chi connectivity index (χ0) is 15.0. The molecule has 0 fully saturated rings. The average molecular weight is 284 g/mol. The van der Waals surface area contributed by atoms with E-state index in [4.69, 9.17) is 4.74 Å². The molecule has 110 valence electrons. The first-order valence-corrected chi connectivity index (χ1v) is 6.36. The number of nitro groups is 1. The Bertz CT molecular complexity index is 479. The van der Waals surface area contributed by atoms with Crippen molar-refractivity contribution in [1.82, 2.24) is 5.32 Å². The van der Waals surface area contributed by atoms with Crippen LogP contribution in [0.3, 0.4) is 0 Å². The molecule has 1 aromatic rings. The van der Waals surface area contributed by atoms with Gasteiger partial charge in [0.25, 0.3) is 5.91 Å². The normalized spacial score (nSPS) is 10.3. The maximum absolute atomic E-state index is 13.3. The van der Waals surface area contributed by atoms with Crippen LogP contribution in [0.1, 0.15) is 30.1 Å². The number of nitro benzene ring substituents is 1. The molecular formula is C13H17FN2O4. The Morgan fingerprint density at radius 3 is 2.80 bits per heavy atom. The van der Waals surface area contributed by atoms with Gasteiger partial charge in [0.05, 0.1) is 4.92 Å². The summed E-state index contributed by atoms with van der Waals surface area (Å²) >= 11 is 0. The first-order valence-electron chi connectivity index (χ1n) is 6.36. The third-order valence-corrected chi connectivity index (χ3v) is 2.51. The Hall–Kier alpha value is -2.02. The van der Waals surface area contributed by atoms with Crippen LogP contribution in [-0.4, -0.2) is 30.6 Å². The standard InChI is InChI=1S/C13H17FN2O4/c1-2-7-20-8-3-6-15-13(17)10-4-5-12(16(18)19)11(14)9-10/h4-5,9H,2-3,6-8H2,1H3,(H,15,17). The zero-order valence-corrected chi connectivity index (χ0v) is 11.2. The maximum Gasteiger partial charge on any atom is 0.304 e. The number of carbonyl (C=O) groups is 1. The third-order valence-electron chi connectivity index (χ3n) is 2.51. The van der Waals surface area contributed by atoms with Crippen molar-refractivity contribution < 1.29 is 18.8 Å². The molecule has 7 heteroatoms. The van der Waals surface area contributed by atoms with Gasteiger partial charge in [-0.3, -0.25) is 14.9 Å². The van der Waals surface area contributed by atoms with Crippen molar-refractivity contribution in [3.8, 4) is 0 Å². The molecule has 0 aromatic heterocycles. The van der Waals surface area contributed by atoms with Gasteiger partial charge in [0.1, 0.15) is 0 Å². The van der Waals surface area contributed by atoms with Gasteiger partial charge in [-0.25, -0.2) is 0 Å². The molecule has 0 aliphatic heterocycles. The first kappa shape index (κ1) is 16.0. The van der Waals surface area contributed by atoms with Crippen LogP contribution >= 0.6 is 0 Å². The van der Waals surface area contributed by atoms with E-state index in [0.29, 0.717) is 26.2 Å². The SMILES string of the molecule is CCCOCCCNC(=O)c1ccc([N+](=O)[O-])c(F)c1. The quantitative estimate of drug-likeness (QED) is 0.451. The van der Waals surface area contributed by atoms with Crippen LogP contribution in [0.4, 0.5) is 10.1 Å². The largest absolute Gasteiger partial charge is 0.381 e. The van der Waals surface area contributed by atoms with Gasteiger partial charge in [-0.1, -0.05) is 6.92 Å². The van der Waals surface area contributed by atoms with Crippen LogP contribution in [0.25, 0.3) is 0 Å². The number of amides is 1. The molecule has 20 heavy (non-hydrogen) atoms. The molecule has 1 amide bonds. The van der Waals surface area contributed by atoms with Crippen LogP contribution in [-0.2, 0) is 4.74 Å². The number of nitrogens with zero attached hydrogens (tertiary/aromatic N) is 1. The van der Waals surface area contributed by atoms with Crippen molar-refractivity contribution in [1.29, 1.82) is 0 Å². The van der Waals surface area contributed by atoms with Gasteiger partial charge in [0, 0.05) is 31.4 Å². The minimum absolute atomic E-state index is 0.0579. The van der Waals surface area contributed by atoms with Crippen LogP contribution in [0.15, 0.2) is 18.2 Å². The highest BCUT2D eigenvalue weighted by Gasteiger charge is 2.16. The Morgan fingerprint density at radius 2 is 2.20 bits per heavy atom. The molecule has 1 N–H and O–H groups in total. The fourth-order valence-electron chi connectivity index (χ4n) is 1.52. The highest BCUT2D eigenvalue weighted by Crippen LogP contribution is 2.17. The predicted octanol–water partition coefficient (Wildman–Crippen LogP) is 2.28. The molecule has 0 unspecified atom stereocenters. The summed E-state index contributed by atoms with van der Waals surface area (Å²) < 4.78 is 18.6. The molecule has 6 nitrogen and oxygen atoms in total. The molecule has 0 bridgehead atoms. The molecule has 0 atom stereocenters. The van der Waals surface area contributed by atoms with Crippen molar-refractivity contribution in [2.24, 2.45) is 0 Å². The summed E-state index contributed by atoms with van der Waals surface area (Å²) in [6.45, 7) is 3.64. The van der Waals surface area contributed by atoms with Crippen LogP contribution in [0, 0.1) is 15.9 Å². The second-order valence-corrected chi connectivity index (χ2v) is 4.15. The molecular weight excluding hydrogens is 267 g/mol. The van der Waals surface area contributed by atoms with E-state index in [9.17, 15) is 19.3 Å². The fourth-order valence-corrected chi connectivity index (χ4v) is 1.52. The average Bonchev–Trinajstić information content (AvgIpc) is 2.41. The first-order chi connectivity index (χ1) is 9.56. The third kappa shape index (κ3) is 4.93. The summed E-state index contributed by atoms with van der Waals surface area (Å²) in [6.07, 6.45) is 1.59. The smallest absolute Gasteiger partial charge is 0.304 e. The van der Waals surface area contributed by atoms with E-state index in [0.717, 1.165) is 18.6 Å². The van der Waals surface area contributed by atoms with E-state index in [-0.39, 0.29) is 5.56 Å². The highest BCUT2D eigenvalue weighted by atomic mass is 19.1. The van der Waals surface area contributed by atoms with Crippen molar-refractivity contribution in [2.75, 3.05) is 19.8 Å². The van der Waals surface area contributed by atoms with Gasteiger partial charge in [0.2, 0.25) is 5.82 Å². The minimum atomic E-state index is -1.02. The molecule has 0 aliphatic carbocycles. The van der Waals surface area contributed by atoms with Gasteiger partial charge >= 0.3 is 5.69 Å². The summed E-state index contributed by atoms with van der Waals surface area (Å²) in [6, 6.07) is 3.07. The zero-order valence-electron chi connectivity index (χ0n) is 11.2. The van der Waals surface area contributed by atoms with Crippen molar-refractivity contribution in [3.63, 3.8) is 0 Å². The topological polar surface area (TPSA) is 81.5 Å². The molecule has 0 radical (unpaired) electrons. The number of benzene rings is 1. The van der Waals surface area contributed by atoms with Gasteiger partial charge < -0.3 is 10.1 Å². The van der Waals surface area contributed by atoms with E-state index in [1.54, 1.807) is 0 Å². The van der Waals surface area contributed by atoms with Crippen molar-refractivity contribution >= 4 is 11.6 Å². The molecule has 0 saturated carbocycles. The van der Waals surface area contributed by atoms with E-state index in [1.807, 2.05) is 6.92 Å². The van der Waals surface area contributed by atoms with Gasteiger partial charge in [-0.05, 0) is 25.0 Å². The molecule has 0 aliphatic rings. The van der Waals surface area contributed by atoms with Crippen LogP contribution in [0.5, 0.6) is 0 Å². The summed E-state index contributed by atoms with van der Waals surface area (Å²) in [4.78, 5) is 21.3. The number of hydrogen-bond acceptors (Lipinski definition) is 4. The van der Waals surface area contributed by atoms with Gasteiger partial charge in [-0.2, -0.15) is 4.39 Å². The summed E-state index contributed by atoms with van der Waals surface area (Å²) in [5.41, 5.74) is -0.586. The summed E-state index contributed by atoms with van der Waals surface area (Å²) in [5, 5.41) is 13.0. The lowest BCUT2D eigenvalue weighted by atomic mass is 10.2. The fraction of sp³-hybridized carbons (Fsp3) is 0.462. The molecule has 1 rings (SSSR count). The van der Waals surface area contributed by atoms with E-state index in [2.05, 4.69) is 5.32 Å². The lowest BCUT2D eigenvalue weighted by Gasteiger charge is -2.06. The van der Waals surface area contributed by atoms with E-state index >= 15 is 0 Å². The Balaban J connectivity index is 2.44. The van der Waals surface area contributed by atoms with Gasteiger partial charge in [0.15, 0.2) is 0 Å². The second kappa shape index (κ2) is 8.21. The molecule has 1 aromatic carbocycles. The van der Waals surface area contributed by atoms with Crippen molar-refractivity contribution in [3.05, 3.63) is 39.7 Å². The molecule has 0 saturated heterocycles. The number of nitrogens with one attached hydrogen (secondary N) is 1. The predicted molar refractivity (Wildman–Crippen MR) is 71.1 cm³/mol. The van der Waals surface area contributed by atoms with E-state index < -0.39 is 22.3 Å². The summed E-state index contributed by atoms with van der Waals surface area (Å²) in [7, 11) is 0. The summed E-state index contributed by atoms with van der Waals surface area (Å²) in [5.74, 6) is -1.48. The number of rotatable bonds is 8. The number of hydrogen-bond donors (Lipinski definition) is 1. The Morgan fingerprint density at radius 1 is 1.45 bits per heavy atom. The lowest BCUT2D eigenvalue weighted by molar-refractivity contribution is -0.387. The number of carbonyl (C=O) groups excluding carboxylic acids is 1. The van der Waals surface area contributed by atoms with Crippen molar-refractivity contribution in [2.45, 2.75) is 19.8 Å². The maximum atomic E-state index is 13.3. The number of ether oxygens (including phenoxy) is 1. The van der Waals surface area contributed by atoms with Gasteiger partial charge in [-0.15, -0.1) is 0 Å². The monoisotopic (exact) mass is 284 g/mol. The highest BCUT2D eigenvalue weighted by molar-refractivity contribution is 5.94. The van der Waals surface area contributed by atoms with Crippen LogP contribution in [0.2, 0.25) is 0 Å². The Kier molecular flexibility index (Phi) is 6.58. The molecule has 0 heterocycles. The second-order valence-electron chi connectivity index (χ2n) is 4.15. The van der Waals surface area contributed by atoms with E-state index in [1.165, 1.54) is 6.07 Å². The molecule has 0 spiro atoms. The number of halogens is 1. The lowest BCUT2D eigenvalue weighted by Crippen LogP contribution is -2.25.